The first-order valence-electron chi connectivity index (χ1n) is 8.87. The lowest BCUT2D eigenvalue weighted by Gasteiger charge is -2.48. The van der Waals surface area contributed by atoms with Gasteiger partial charge in [0.15, 0.2) is 0 Å². The second-order valence-electron chi connectivity index (χ2n) is 7.27. The normalized spacial score (nSPS) is 24.6. The summed E-state index contributed by atoms with van der Waals surface area (Å²) in [5.41, 5.74) is 0.622. The van der Waals surface area contributed by atoms with Gasteiger partial charge in [0, 0.05) is 44.5 Å². The number of aromatic amines is 1. The molecule has 0 aliphatic carbocycles. The average Bonchev–Trinajstić information content (AvgIpc) is 3.19. The van der Waals surface area contributed by atoms with Crippen LogP contribution in [0.5, 0.6) is 0 Å². The van der Waals surface area contributed by atoms with E-state index in [1.165, 1.54) is 0 Å². The molecule has 2 aliphatic rings. The molecule has 0 radical (unpaired) electrons. The van der Waals surface area contributed by atoms with Gasteiger partial charge in [0.1, 0.15) is 11.2 Å². The van der Waals surface area contributed by atoms with Crippen LogP contribution in [0.1, 0.15) is 36.5 Å². The number of hydrogen-bond donors (Lipinski definition) is 1. The van der Waals surface area contributed by atoms with Crippen molar-refractivity contribution < 1.29 is 9.59 Å². The second kappa shape index (κ2) is 6.63. The van der Waals surface area contributed by atoms with E-state index >= 15 is 0 Å². The minimum Gasteiger partial charge on any atom is -0.337 e. The van der Waals surface area contributed by atoms with Gasteiger partial charge in [0.05, 0.1) is 0 Å². The third-order valence-corrected chi connectivity index (χ3v) is 5.31. The van der Waals surface area contributed by atoms with Gasteiger partial charge in [-0.2, -0.15) is 5.10 Å². The molecule has 2 saturated heterocycles. The highest BCUT2D eigenvalue weighted by Crippen LogP contribution is 2.34. The number of aryl methyl sites for hydroxylation is 1. The number of hydrogen-bond acceptors (Lipinski definition) is 4. The first-order valence-corrected chi connectivity index (χ1v) is 8.87. The van der Waals surface area contributed by atoms with Crippen LogP contribution in [0, 0.1) is 6.92 Å². The Kier molecular flexibility index (Phi) is 4.69. The standard InChI is InChI=1S/C18H27N5O2/c1-5-7-22-9-10-23(13(2)3)17(25)18(22)6-8-21(12-18)16(24)15-11-14(4)19-20-15/h5,11,13H,1,6-10,12H2,2-4H3,(H,19,20)/t18-/m0/s1. The molecule has 0 unspecified atom stereocenters. The summed E-state index contributed by atoms with van der Waals surface area (Å²) in [5.74, 6) is 0.0124. The molecule has 136 valence electrons. The maximum absolute atomic E-state index is 13.3. The molecule has 2 aliphatic heterocycles. The molecule has 3 heterocycles. The number of carbonyl (C=O) groups excluding carboxylic acids is 2. The van der Waals surface area contributed by atoms with Crippen molar-refractivity contribution in [2.75, 3.05) is 32.7 Å². The molecule has 1 aromatic heterocycles. The van der Waals surface area contributed by atoms with Crippen molar-refractivity contribution in [3.63, 3.8) is 0 Å². The first-order chi connectivity index (χ1) is 11.9. The predicted molar refractivity (Wildman–Crippen MR) is 95.2 cm³/mol. The first kappa shape index (κ1) is 17.7. The summed E-state index contributed by atoms with van der Waals surface area (Å²) in [6.45, 7) is 12.9. The van der Waals surface area contributed by atoms with Crippen LogP contribution in [0.15, 0.2) is 18.7 Å². The number of rotatable bonds is 4. The van der Waals surface area contributed by atoms with Gasteiger partial charge in [0.25, 0.3) is 5.91 Å². The van der Waals surface area contributed by atoms with E-state index in [9.17, 15) is 9.59 Å². The Balaban J connectivity index is 1.85. The number of H-pyrrole nitrogens is 1. The molecule has 1 N–H and O–H groups in total. The molecule has 0 saturated carbocycles. The van der Waals surface area contributed by atoms with E-state index in [2.05, 4.69) is 21.7 Å². The fourth-order valence-corrected chi connectivity index (χ4v) is 3.95. The molecule has 1 spiro atoms. The van der Waals surface area contributed by atoms with Gasteiger partial charge >= 0.3 is 0 Å². The van der Waals surface area contributed by atoms with E-state index < -0.39 is 5.54 Å². The molecule has 2 amide bonds. The molecule has 3 rings (SSSR count). The summed E-state index contributed by atoms with van der Waals surface area (Å²) in [6, 6.07) is 1.91. The third-order valence-electron chi connectivity index (χ3n) is 5.31. The third kappa shape index (κ3) is 2.97. The Morgan fingerprint density at radius 2 is 2.20 bits per heavy atom. The highest BCUT2D eigenvalue weighted by Gasteiger charge is 2.54. The van der Waals surface area contributed by atoms with Crippen LogP contribution in [0.3, 0.4) is 0 Å². The maximum atomic E-state index is 13.3. The molecule has 2 fully saturated rings. The Labute approximate surface area is 148 Å². The van der Waals surface area contributed by atoms with Gasteiger partial charge in [-0.3, -0.25) is 19.6 Å². The Bertz CT molecular complexity index is 683. The van der Waals surface area contributed by atoms with Crippen molar-refractivity contribution in [3.8, 4) is 0 Å². The quantitative estimate of drug-likeness (QED) is 0.828. The molecule has 0 bridgehead atoms. The van der Waals surface area contributed by atoms with Crippen LogP contribution in [0.25, 0.3) is 0 Å². The Hall–Kier alpha value is -2.15. The largest absolute Gasteiger partial charge is 0.337 e. The fraction of sp³-hybridized carbons (Fsp3) is 0.611. The summed E-state index contributed by atoms with van der Waals surface area (Å²) < 4.78 is 0. The molecule has 1 aromatic rings. The number of nitrogens with zero attached hydrogens (tertiary/aromatic N) is 4. The van der Waals surface area contributed by atoms with Crippen LogP contribution in [0.4, 0.5) is 0 Å². The lowest BCUT2D eigenvalue weighted by molar-refractivity contribution is -0.152. The monoisotopic (exact) mass is 345 g/mol. The molecular formula is C18H27N5O2. The molecule has 0 aromatic carbocycles. The lowest BCUT2D eigenvalue weighted by atomic mass is 9.90. The summed E-state index contributed by atoms with van der Waals surface area (Å²) in [6.07, 6.45) is 2.49. The van der Waals surface area contributed by atoms with Gasteiger partial charge in [-0.25, -0.2) is 0 Å². The molecule has 7 nitrogen and oxygen atoms in total. The van der Waals surface area contributed by atoms with Crippen LogP contribution in [0.2, 0.25) is 0 Å². The SMILES string of the molecule is C=CCN1CCN(C(C)C)C(=O)[C@@]12CCN(C(=O)c1cc(C)[nH]n1)C2. The van der Waals surface area contributed by atoms with E-state index in [1.54, 1.807) is 11.0 Å². The zero-order valence-electron chi connectivity index (χ0n) is 15.3. The molecule has 25 heavy (non-hydrogen) atoms. The zero-order valence-corrected chi connectivity index (χ0v) is 15.3. The Morgan fingerprint density at radius 3 is 2.80 bits per heavy atom. The molecular weight excluding hydrogens is 318 g/mol. The maximum Gasteiger partial charge on any atom is 0.274 e. The number of likely N-dealkylation sites (tertiary alicyclic amines) is 1. The van der Waals surface area contributed by atoms with Crippen LogP contribution in [-0.2, 0) is 4.79 Å². The van der Waals surface area contributed by atoms with Crippen molar-refractivity contribution in [2.24, 2.45) is 0 Å². The van der Waals surface area contributed by atoms with Crippen LogP contribution >= 0.6 is 0 Å². The van der Waals surface area contributed by atoms with Gasteiger partial charge in [0.2, 0.25) is 5.91 Å². The van der Waals surface area contributed by atoms with Crippen molar-refractivity contribution >= 4 is 11.8 Å². The highest BCUT2D eigenvalue weighted by molar-refractivity contribution is 5.95. The summed E-state index contributed by atoms with van der Waals surface area (Å²) in [7, 11) is 0. The minimum absolute atomic E-state index is 0.116. The van der Waals surface area contributed by atoms with E-state index in [4.69, 9.17) is 0 Å². The fourth-order valence-electron chi connectivity index (χ4n) is 3.95. The number of piperazine rings is 1. The predicted octanol–water partition coefficient (Wildman–Crippen LogP) is 1.04. The minimum atomic E-state index is -0.641. The topological polar surface area (TPSA) is 72.5 Å². The van der Waals surface area contributed by atoms with E-state index in [0.29, 0.717) is 31.7 Å². The van der Waals surface area contributed by atoms with Gasteiger partial charge in [-0.15, -0.1) is 6.58 Å². The molecule has 1 atom stereocenters. The van der Waals surface area contributed by atoms with Crippen molar-refractivity contribution in [3.05, 3.63) is 30.1 Å². The van der Waals surface area contributed by atoms with Crippen LogP contribution < -0.4 is 0 Å². The van der Waals surface area contributed by atoms with E-state index in [-0.39, 0.29) is 17.9 Å². The number of aromatic nitrogens is 2. The van der Waals surface area contributed by atoms with Crippen LogP contribution in [-0.4, -0.2) is 81.0 Å². The van der Waals surface area contributed by atoms with Crippen molar-refractivity contribution in [1.82, 2.24) is 24.9 Å². The number of nitrogens with one attached hydrogen (secondary N) is 1. The second-order valence-corrected chi connectivity index (χ2v) is 7.27. The smallest absolute Gasteiger partial charge is 0.274 e. The van der Waals surface area contributed by atoms with E-state index in [1.807, 2.05) is 31.7 Å². The van der Waals surface area contributed by atoms with Gasteiger partial charge < -0.3 is 9.80 Å². The highest BCUT2D eigenvalue weighted by atomic mass is 16.2. The van der Waals surface area contributed by atoms with Gasteiger partial charge in [-0.05, 0) is 33.3 Å². The average molecular weight is 345 g/mol. The number of carbonyl (C=O) groups is 2. The van der Waals surface area contributed by atoms with Gasteiger partial charge in [-0.1, -0.05) is 6.08 Å². The summed E-state index contributed by atoms with van der Waals surface area (Å²) >= 11 is 0. The lowest BCUT2D eigenvalue weighted by Crippen LogP contribution is -2.68. The van der Waals surface area contributed by atoms with Crippen molar-refractivity contribution in [1.29, 1.82) is 0 Å². The van der Waals surface area contributed by atoms with E-state index in [0.717, 1.165) is 18.8 Å². The Morgan fingerprint density at radius 1 is 1.44 bits per heavy atom. The summed E-state index contributed by atoms with van der Waals surface area (Å²) in [4.78, 5) is 31.9. The van der Waals surface area contributed by atoms with Crippen molar-refractivity contribution in [2.45, 2.75) is 38.8 Å². The summed E-state index contributed by atoms with van der Waals surface area (Å²) in [5, 5.41) is 6.88. The number of amides is 2. The zero-order chi connectivity index (χ0) is 18.2. The molecule has 7 heteroatoms.